The van der Waals surface area contributed by atoms with Gasteiger partial charge in [-0.15, -0.1) is 0 Å². The molecule has 0 saturated carbocycles. The molecular weight excluding hydrogens is 250 g/mol. The maximum absolute atomic E-state index is 11.6. The van der Waals surface area contributed by atoms with Crippen molar-refractivity contribution in [2.75, 3.05) is 0 Å². The number of hydrogen-bond acceptors (Lipinski definition) is 4. The predicted molar refractivity (Wildman–Crippen MR) is 70.0 cm³/mol. The highest BCUT2D eigenvalue weighted by molar-refractivity contribution is 7.80. The van der Waals surface area contributed by atoms with Crippen molar-refractivity contribution in [1.82, 2.24) is 5.32 Å². The molecule has 1 N–H and O–H groups in total. The number of carbonyl (C=O) groups excluding carboxylic acids is 1. The number of rotatable bonds is 3. The normalized spacial score (nSPS) is 9.78. The fourth-order valence-corrected chi connectivity index (χ4v) is 1.47. The Morgan fingerprint density at radius 2 is 2.00 bits per heavy atom. The van der Waals surface area contributed by atoms with Crippen molar-refractivity contribution in [3.05, 3.63) is 60.1 Å². The molecule has 0 aliphatic carbocycles. The van der Waals surface area contributed by atoms with Crippen LogP contribution in [-0.2, 0) is 11.3 Å². The summed E-state index contributed by atoms with van der Waals surface area (Å²) in [6, 6.07) is 12.7. The molecule has 1 aromatic carbocycles. The van der Waals surface area contributed by atoms with E-state index in [-0.39, 0.29) is 10.9 Å². The Hall–Kier alpha value is -2.14. The number of thiocarbonyl (C=S) groups is 1. The van der Waals surface area contributed by atoms with Crippen LogP contribution in [0, 0.1) is 0 Å². The number of benzene rings is 1. The molecule has 1 amide bonds. The van der Waals surface area contributed by atoms with Crippen LogP contribution in [0.3, 0.4) is 0 Å². The van der Waals surface area contributed by atoms with E-state index in [0.717, 1.165) is 5.56 Å². The molecule has 5 heteroatoms. The van der Waals surface area contributed by atoms with Crippen molar-refractivity contribution < 1.29 is 13.9 Å². The van der Waals surface area contributed by atoms with Crippen LogP contribution in [-0.4, -0.2) is 11.1 Å². The van der Waals surface area contributed by atoms with Crippen molar-refractivity contribution in [2.24, 2.45) is 0 Å². The summed E-state index contributed by atoms with van der Waals surface area (Å²) in [6.07, 6.45) is 1.42. The number of ether oxygens (including phenoxy) is 1. The average Bonchev–Trinajstić information content (AvgIpc) is 2.91. The van der Waals surface area contributed by atoms with Crippen molar-refractivity contribution in [2.45, 2.75) is 6.61 Å². The molecule has 0 aliphatic rings. The van der Waals surface area contributed by atoms with Gasteiger partial charge in [0.2, 0.25) is 0 Å². The first-order chi connectivity index (χ1) is 8.75. The van der Waals surface area contributed by atoms with Gasteiger partial charge in [0, 0.05) is 0 Å². The third kappa shape index (κ3) is 3.43. The Morgan fingerprint density at radius 3 is 2.67 bits per heavy atom. The number of amides is 1. The van der Waals surface area contributed by atoms with E-state index in [2.05, 4.69) is 5.32 Å². The fourth-order valence-electron chi connectivity index (χ4n) is 1.32. The maximum atomic E-state index is 11.6. The minimum atomic E-state index is -0.418. The smallest absolute Gasteiger partial charge is 0.294 e. The Balaban J connectivity index is 1.81. The van der Waals surface area contributed by atoms with Crippen LogP contribution < -0.4 is 5.32 Å². The zero-order valence-corrected chi connectivity index (χ0v) is 10.3. The molecule has 0 spiro atoms. The lowest BCUT2D eigenvalue weighted by molar-refractivity contribution is 0.0939. The Morgan fingerprint density at radius 1 is 1.22 bits per heavy atom. The summed E-state index contributed by atoms with van der Waals surface area (Å²) in [4.78, 5) is 11.6. The summed E-state index contributed by atoms with van der Waals surface area (Å²) in [5, 5.41) is 2.46. The van der Waals surface area contributed by atoms with Crippen molar-refractivity contribution in [3.8, 4) is 0 Å². The second-order valence-corrected chi connectivity index (χ2v) is 3.86. The van der Waals surface area contributed by atoms with Crippen LogP contribution >= 0.6 is 12.2 Å². The van der Waals surface area contributed by atoms with Gasteiger partial charge in [0.05, 0.1) is 6.26 Å². The highest BCUT2D eigenvalue weighted by Gasteiger charge is 2.10. The third-order valence-electron chi connectivity index (χ3n) is 2.17. The van der Waals surface area contributed by atoms with Gasteiger partial charge in [-0.1, -0.05) is 30.3 Å². The lowest BCUT2D eigenvalue weighted by atomic mass is 10.2. The van der Waals surface area contributed by atoms with Crippen LogP contribution in [0.25, 0.3) is 0 Å². The van der Waals surface area contributed by atoms with Gasteiger partial charge in [-0.3, -0.25) is 10.1 Å². The number of hydrogen-bond donors (Lipinski definition) is 1. The lowest BCUT2D eigenvalue weighted by Gasteiger charge is -2.07. The second kappa shape index (κ2) is 5.97. The van der Waals surface area contributed by atoms with E-state index in [1.165, 1.54) is 6.26 Å². The summed E-state index contributed by atoms with van der Waals surface area (Å²) in [6.45, 7) is 0.318. The van der Waals surface area contributed by atoms with E-state index in [9.17, 15) is 4.79 Å². The molecule has 18 heavy (non-hydrogen) atoms. The molecule has 4 nitrogen and oxygen atoms in total. The second-order valence-electron chi connectivity index (χ2n) is 3.49. The maximum Gasteiger partial charge on any atom is 0.294 e. The zero-order valence-electron chi connectivity index (χ0n) is 9.46. The Labute approximate surface area is 110 Å². The summed E-state index contributed by atoms with van der Waals surface area (Å²) in [5.41, 5.74) is 0.979. The van der Waals surface area contributed by atoms with Gasteiger partial charge < -0.3 is 9.15 Å². The molecule has 2 aromatic rings. The topological polar surface area (TPSA) is 51.5 Å². The quantitative estimate of drug-likeness (QED) is 0.862. The van der Waals surface area contributed by atoms with Crippen LogP contribution in [0.1, 0.15) is 16.1 Å². The van der Waals surface area contributed by atoms with Gasteiger partial charge in [0.1, 0.15) is 6.61 Å². The van der Waals surface area contributed by atoms with Crippen LogP contribution in [0.5, 0.6) is 0 Å². The largest absolute Gasteiger partial charge is 0.466 e. The number of carbonyl (C=O) groups is 1. The fraction of sp³-hybridized carbons (Fsp3) is 0.0769. The van der Waals surface area contributed by atoms with Crippen molar-refractivity contribution in [3.63, 3.8) is 0 Å². The molecule has 0 bridgehead atoms. The summed E-state index contributed by atoms with van der Waals surface area (Å²) in [5.74, 6) is -0.223. The summed E-state index contributed by atoms with van der Waals surface area (Å²) in [7, 11) is 0. The first-order valence-corrected chi connectivity index (χ1v) is 5.72. The molecule has 0 saturated heterocycles. The van der Waals surface area contributed by atoms with Gasteiger partial charge in [0.25, 0.3) is 11.1 Å². The molecule has 0 atom stereocenters. The zero-order chi connectivity index (χ0) is 12.8. The minimum absolute atomic E-state index is 0.0280. The first kappa shape index (κ1) is 12.3. The number of nitrogens with one attached hydrogen (secondary N) is 1. The molecule has 0 fully saturated rings. The Bertz CT molecular complexity index is 522. The van der Waals surface area contributed by atoms with E-state index >= 15 is 0 Å². The molecule has 2 rings (SSSR count). The molecule has 1 aromatic heterocycles. The third-order valence-corrected chi connectivity index (χ3v) is 2.39. The van der Waals surface area contributed by atoms with E-state index in [1.807, 2.05) is 30.3 Å². The average molecular weight is 261 g/mol. The summed E-state index contributed by atoms with van der Waals surface area (Å²) < 4.78 is 10.2. The van der Waals surface area contributed by atoms with Gasteiger partial charge in [0.15, 0.2) is 5.76 Å². The molecule has 0 unspecified atom stereocenters. The molecule has 0 radical (unpaired) electrons. The standard InChI is InChI=1S/C13H11NO3S/c15-12(11-7-4-8-16-11)14-13(18)17-9-10-5-2-1-3-6-10/h1-8H,9H2,(H,14,15,18). The van der Waals surface area contributed by atoms with Crippen LogP contribution in [0.15, 0.2) is 53.1 Å². The highest BCUT2D eigenvalue weighted by Crippen LogP contribution is 2.02. The van der Waals surface area contributed by atoms with Crippen LogP contribution in [0.4, 0.5) is 0 Å². The van der Waals surface area contributed by atoms with Gasteiger partial charge >= 0.3 is 0 Å². The minimum Gasteiger partial charge on any atom is -0.466 e. The van der Waals surface area contributed by atoms with E-state index in [0.29, 0.717) is 6.61 Å². The molecule has 0 aliphatic heterocycles. The monoisotopic (exact) mass is 261 g/mol. The Kier molecular flexibility index (Phi) is 4.09. The van der Waals surface area contributed by atoms with Crippen LogP contribution in [0.2, 0.25) is 0 Å². The lowest BCUT2D eigenvalue weighted by Crippen LogP contribution is -2.30. The van der Waals surface area contributed by atoms with Gasteiger partial charge in [-0.25, -0.2) is 0 Å². The van der Waals surface area contributed by atoms with Crippen molar-refractivity contribution >= 4 is 23.3 Å². The summed E-state index contributed by atoms with van der Waals surface area (Å²) >= 11 is 4.91. The van der Waals surface area contributed by atoms with E-state index in [1.54, 1.807) is 12.1 Å². The SMILES string of the molecule is O=C(NC(=S)OCc1ccccc1)c1ccco1. The van der Waals surface area contributed by atoms with E-state index < -0.39 is 5.91 Å². The van der Waals surface area contributed by atoms with E-state index in [4.69, 9.17) is 21.4 Å². The van der Waals surface area contributed by atoms with Gasteiger partial charge in [-0.05, 0) is 29.9 Å². The van der Waals surface area contributed by atoms with Crippen molar-refractivity contribution in [1.29, 1.82) is 0 Å². The van der Waals surface area contributed by atoms with Gasteiger partial charge in [-0.2, -0.15) is 0 Å². The highest BCUT2D eigenvalue weighted by atomic mass is 32.1. The molecular formula is C13H11NO3S. The molecule has 92 valence electrons. The predicted octanol–water partition coefficient (Wildman–Crippen LogP) is 2.51. The molecule has 1 heterocycles. The first-order valence-electron chi connectivity index (χ1n) is 5.31. The number of furan rings is 1.